The first kappa shape index (κ1) is 14.2. The zero-order valence-electron chi connectivity index (χ0n) is 10.8. The Bertz CT molecular complexity index is 736. The molecule has 0 spiro atoms. The molecule has 3 heterocycles. The molecule has 106 valence electrons. The van der Waals surface area contributed by atoms with Crippen LogP contribution in [0.1, 0.15) is 16.8 Å². The minimum atomic E-state index is -3.41. The van der Waals surface area contributed by atoms with Crippen molar-refractivity contribution >= 4 is 37.3 Å². The van der Waals surface area contributed by atoms with Gasteiger partial charge in [-0.2, -0.15) is 4.31 Å². The number of hydrogen-bond acceptors (Lipinski definition) is 4. The van der Waals surface area contributed by atoms with Crippen molar-refractivity contribution in [2.24, 2.45) is 0 Å². The van der Waals surface area contributed by atoms with Gasteiger partial charge < -0.3 is 0 Å². The van der Waals surface area contributed by atoms with Crippen LogP contribution in [0.25, 0.3) is 0 Å². The van der Waals surface area contributed by atoms with E-state index in [9.17, 15) is 8.42 Å². The van der Waals surface area contributed by atoms with Gasteiger partial charge in [-0.3, -0.25) is 4.98 Å². The molecule has 0 unspecified atom stereocenters. The first-order valence-corrected chi connectivity index (χ1v) is 9.22. The molecule has 0 saturated carbocycles. The van der Waals surface area contributed by atoms with Crippen molar-refractivity contribution < 1.29 is 8.42 Å². The van der Waals surface area contributed by atoms with E-state index in [0.717, 1.165) is 20.6 Å². The molecule has 1 aliphatic rings. The molecule has 0 bridgehead atoms. The summed E-state index contributed by atoms with van der Waals surface area (Å²) in [5, 5.41) is 0. The molecule has 0 fully saturated rings. The van der Waals surface area contributed by atoms with Crippen molar-refractivity contribution in [3.63, 3.8) is 0 Å². The minimum absolute atomic E-state index is 0.397. The van der Waals surface area contributed by atoms with Crippen molar-refractivity contribution in [2.75, 3.05) is 6.54 Å². The van der Waals surface area contributed by atoms with Crippen LogP contribution >= 0.6 is 27.3 Å². The van der Waals surface area contributed by atoms with Crippen molar-refractivity contribution in [1.82, 2.24) is 9.29 Å². The van der Waals surface area contributed by atoms with Gasteiger partial charge in [-0.1, -0.05) is 6.07 Å². The van der Waals surface area contributed by atoms with Crippen LogP contribution in [0, 0.1) is 6.92 Å². The fourth-order valence-electron chi connectivity index (χ4n) is 2.23. The van der Waals surface area contributed by atoms with E-state index < -0.39 is 10.0 Å². The predicted molar refractivity (Wildman–Crippen MR) is 82.3 cm³/mol. The summed E-state index contributed by atoms with van der Waals surface area (Å²) in [5.74, 6) is 0. The van der Waals surface area contributed by atoms with E-state index in [2.05, 4.69) is 20.9 Å². The molecule has 0 aromatic carbocycles. The maximum absolute atomic E-state index is 12.7. The lowest BCUT2D eigenvalue weighted by molar-refractivity contribution is 0.389. The lowest BCUT2D eigenvalue weighted by Gasteiger charge is -2.26. The van der Waals surface area contributed by atoms with Gasteiger partial charge in [0.05, 0.1) is 3.79 Å². The van der Waals surface area contributed by atoms with E-state index in [-0.39, 0.29) is 0 Å². The molecule has 2 aromatic rings. The summed E-state index contributed by atoms with van der Waals surface area (Å²) in [5.41, 5.74) is 2.95. The number of thiophene rings is 1. The largest absolute Gasteiger partial charge is 0.261 e. The molecule has 3 rings (SSSR count). The van der Waals surface area contributed by atoms with Gasteiger partial charge in [-0.25, -0.2) is 8.42 Å². The second-order valence-corrected chi connectivity index (χ2v) is 9.25. The van der Waals surface area contributed by atoms with Gasteiger partial charge in [0.1, 0.15) is 4.21 Å². The highest BCUT2D eigenvalue weighted by molar-refractivity contribution is 9.11. The second-order valence-electron chi connectivity index (χ2n) is 4.72. The van der Waals surface area contributed by atoms with Gasteiger partial charge in [-0.05, 0) is 46.1 Å². The lowest BCUT2D eigenvalue weighted by Crippen LogP contribution is -2.35. The number of aromatic nitrogens is 1. The van der Waals surface area contributed by atoms with Crippen LogP contribution in [-0.2, 0) is 23.0 Å². The number of halogens is 1. The Balaban J connectivity index is 1.94. The lowest BCUT2D eigenvalue weighted by atomic mass is 10.1. The first-order valence-electron chi connectivity index (χ1n) is 6.17. The fourth-order valence-corrected chi connectivity index (χ4v) is 6.03. The third-order valence-electron chi connectivity index (χ3n) is 3.36. The molecular weight excluding hydrogens is 360 g/mol. The van der Waals surface area contributed by atoms with E-state index in [1.54, 1.807) is 12.3 Å². The van der Waals surface area contributed by atoms with E-state index >= 15 is 0 Å². The van der Waals surface area contributed by atoms with Crippen LogP contribution in [0.5, 0.6) is 0 Å². The zero-order chi connectivity index (χ0) is 14.3. The van der Waals surface area contributed by atoms with Crippen LogP contribution in [0.3, 0.4) is 0 Å². The normalized spacial score (nSPS) is 16.1. The molecule has 4 nitrogen and oxygen atoms in total. The molecule has 2 aromatic heterocycles. The first-order chi connectivity index (χ1) is 9.48. The Hall–Kier alpha value is -0.760. The Morgan fingerprint density at radius 3 is 2.95 bits per heavy atom. The Labute approximate surface area is 130 Å². The Kier molecular flexibility index (Phi) is 3.70. The topological polar surface area (TPSA) is 50.3 Å². The molecule has 0 aliphatic carbocycles. The molecule has 1 aliphatic heterocycles. The Morgan fingerprint density at radius 2 is 2.25 bits per heavy atom. The summed E-state index contributed by atoms with van der Waals surface area (Å²) in [7, 11) is -3.41. The molecular formula is C13H13BrN2O2S2. The number of pyridine rings is 1. The Morgan fingerprint density at radius 1 is 1.45 bits per heavy atom. The highest BCUT2D eigenvalue weighted by Gasteiger charge is 2.30. The highest BCUT2D eigenvalue weighted by atomic mass is 79.9. The van der Waals surface area contributed by atoms with Gasteiger partial charge in [0, 0.05) is 31.4 Å². The maximum Gasteiger partial charge on any atom is 0.252 e. The minimum Gasteiger partial charge on any atom is -0.261 e. The standard InChI is InChI=1S/C13H13BrN2O2S2/c1-9-7-12(19-13(9)14)20(17,18)16-6-4-11-10(8-16)3-2-5-15-11/h2-3,5,7H,4,6,8H2,1H3. The molecule has 0 N–H and O–H groups in total. The van der Waals surface area contributed by atoms with Crippen LogP contribution in [-0.4, -0.2) is 24.3 Å². The predicted octanol–water partition coefficient (Wildman–Crippen LogP) is 2.96. The van der Waals surface area contributed by atoms with Crippen LogP contribution in [0.4, 0.5) is 0 Å². The maximum atomic E-state index is 12.7. The number of hydrogen-bond donors (Lipinski definition) is 0. The van der Waals surface area contributed by atoms with E-state index in [1.807, 2.05) is 19.1 Å². The van der Waals surface area contributed by atoms with Crippen molar-refractivity contribution in [2.45, 2.75) is 24.1 Å². The van der Waals surface area contributed by atoms with E-state index in [0.29, 0.717) is 23.7 Å². The van der Waals surface area contributed by atoms with Crippen LogP contribution in [0.15, 0.2) is 32.4 Å². The highest BCUT2D eigenvalue weighted by Crippen LogP contribution is 2.33. The SMILES string of the molecule is Cc1cc(S(=O)(=O)N2CCc3ncccc3C2)sc1Br. The number of nitrogens with zero attached hydrogens (tertiary/aromatic N) is 2. The summed E-state index contributed by atoms with van der Waals surface area (Å²) in [6, 6.07) is 5.52. The third-order valence-corrected chi connectivity index (χ3v) is 7.79. The fraction of sp³-hybridized carbons (Fsp3) is 0.308. The van der Waals surface area contributed by atoms with E-state index in [4.69, 9.17) is 0 Å². The summed E-state index contributed by atoms with van der Waals surface area (Å²) < 4.78 is 28.1. The second kappa shape index (κ2) is 5.22. The van der Waals surface area contributed by atoms with Gasteiger partial charge >= 0.3 is 0 Å². The smallest absolute Gasteiger partial charge is 0.252 e. The zero-order valence-corrected chi connectivity index (χ0v) is 14.1. The molecule has 20 heavy (non-hydrogen) atoms. The molecule has 0 amide bonds. The summed E-state index contributed by atoms with van der Waals surface area (Å²) in [6.45, 7) is 2.79. The van der Waals surface area contributed by atoms with Crippen molar-refractivity contribution in [1.29, 1.82) is 0 Å². The van der Waals surface area contributed by atoms with E-state index in [1.165, 1.54) is 15.6 Å². The van der Waals surface area contributed by atoms with Gasteiger partial charge in [0.15, 0.2) is 0 Å². The monoisotopic (exact) mass is 372 g/mol. The number of sulfonamides is 1. The average Bonchev–Trinajstić information content (AvgIpc) is 2.79. The van der Waals surface area contributed by atoms with Crippen molar-refractivity contribution in [3.8, 4) is 0 Å². The molecule has 0 radical (unpaired) electrons. The van der Waals surface area contributed by atoms with Gasteiger partial charge in [-0.15, -0.1) is 11.3 Å². The summed E-state index contributed by atoms with van der Waals surface area (Å²) in [6.07, 6.45) is 2.42. The average molecular weight is 373 g/mol. The molecule has 7 heteroatoms. The summed E-state index contributed by atoms with van der Waals surface area (Å²) in [4.78, 5) is 4.30. The van der Waals surface area contributed by atoms with Crippen LogP contribution < -0.4 is 0 Å². The van der Waals surface area contributed by atoms with Gasteiger partial charge in [0.25, 0.3) is 10.0 Å². The molecule has 0 saturated heterocycles. The summed E-state index contributed by atoms with van der Waals surface area (Å²) >= 11 is 4.65. The number of aryl methyl sites for hydroxylation is 1. The molecule has 0 atom stereocenters. The number of fused-ring (bicyclic) bond motifs is 1. The number of rotatable bonds is 2. The van der Waals surface area contributed by atoms with Crippen molar-refractivity contribution in [3.05, 3.63) is 45.0 Å². The third kappa shape index (κ3) is 2.43. The van der Waals surface area contributed by atoms with Gasteiger partial charge in [0.2, 0.25) is 0 Å². The quantitative estimate of drug-likeness (QED) is 0.813. The van der Waals surface area contributed by atoms with Crippen LogP contribution in [0.2, 0.25) is 0 Å².